The van der Waals surface area contributed by atoms with Gasteiger partial charge in [0.15, 0.2) is 0 Å². The third-order valence-electron chi connectivity index (χ3n) is 4.55. The fourth-order valence-electron chi connectivity index (χ4n) is 3.20. The third kappa shape index (κ3) is 3.79. The van der Waals surface area contributed by atoms with Crippen LogP contribution in [0.1, 0.15) is 17.5 Å². The first-order valence-corrected chi connectivity index (χ1v) is 8.38. The molecule has 1 N–H and O–H groups in total. The molecule has 2 aromatic rings. The second-order valence-corrected chi connectivity index (χ2v) is 6.61. The molecule has 0 bridgehead atoms. The zero-order valence-electron chi connectivity index (χ0n) is 14.9. The maximum absolute atomic E-state index is 13.4. The van der Waals surface area contributed by atoms with Gasteiger partial charge in [0.05, 0.1) is 10.8 Å². The van der Waals surface area contributed by atoms with Gasteiger partial charge in [-0.2, -0.15) is 4.39 Å². The Hall–Kier alpha value is -3.29. The molecule has 140 valence electrons. The number of amides is 2. The van der Waals surface area contributed by atoms with Crippen LogP contribution in [0.3, 0.4) is 0 Å². The van der Waals surface area contributed by atoms with Crippen LogP contribution >= 0.6 is 0 Å². The molecule has 2 amide bonds. The first kappa shape index (κ1) is 18.5. The number of halogens is 1. The van der Waals surface area contributed by atoms with Gasteiger partial charge in [0.2, 0.25) is 17.6 Å². The van der Waals surface area contributed by atoms with E-state index in [1.165, 1.54) is 6.07 Å². The number of nitro groups is 1. The quantitative estimate of drug-likeness (QED) is 0.659. The number of carbonyl (C=O) groups excluding carboxylic acids is 2. The summed E-state index contributed by atoms with van der Waals surface area (Å²) >= 11 is 0. The lowest BCUT2D eigenvalue weighted by molar-refractivity contribution is -0.387. The van der Waals surface area contributed by atoms with E-state index >= 15 is 0 Å². The average molecular weight is 371 g/mol. The summed E-state index contributed by atoms with van der Waals surface area (Å²) in [4.78, 5) is 36.4. The second kappa shape index (κ2) is 7.14. The highest BCUT2D eigenvalue weighted by Crippen LogP contribution is 2.29. The molecule has 1 aliphatic heterocycles. The molecule has 0 aliphatic carbocycles. The number of rotatable bonds is 4. The Kier molecular flexibility index (Phi) is 4.89. The fraction of sp³-hybridized carbons (Fsp3) is 0.263. The van der Waals surface area contributed by atoms with Crippen LogP contribution in [-0.2, 0) is 9.59 Å². The summed E-state index contributed by atoms with van der Waals surface area (Å²) in [7, 11) is 0. The molecule has 1 atom stereocenters. The molecule has 0 saturated carbocycles. The van der Waals surface area contributed by atoms with E-state index in [4.69, 9.17) is 0 Å². The Morgan fingerprint density at radius 1 is 1.26 bits per heavy atom. The minimum absolute atomic E-state index is 0.0441. The van der Waals surface area contributed by atoms with Crippen LogP contribution in [0.25, 0.3) is 0 Å². The van der Waals surface area contributed by atoms with Gasteiger partial charge in [0.1, 0.15) is 0 Å². The molecule has 1 fully saturated rings. The van der Waals surface area contributed by atoms with Crippen LogP contribution in [0.4, 0.5) is 21.5 Å². The SMILES string of the molecule is Cc1ccc(N2CC(C(=O)Nc3ccc(F)c([N+](=O)[O-])c3)CC2=O)c(C)c1. The summed E-state index contributed by atoms with van der Waals surface area (Å²) in [6, 6.07) is 8.86. The molecule has 1 unspecified atom stereocenters. The number of nitrogens with one attached hydrogen (secondary N) is 1. The Labute approximate surface area is 154 Å². The molecule has 0 radical (unpaired) electrons. The molecule has 2 aromatic carbocycles. The lowest BCUT2D eigenvalue weighted by Gasteiger charge is -2.19. The normalized spacial score (nSPS) is 16.5. The van der Waals surface area contributed by atoms with Crippen molar-refractivity contribution in [2.75, 3.05) is 16.8 Å². The second-order valence-electron chi connectivity index (χ2n) is 6.61. The molecule has 7 nitrogen and oxygen atoms in total. The van der Waals surface area contributed by atoms with Gasteiger partial charge in [-0.3, -0.25) is 19.7 Å². The minimum atomic E-state index is -0.977. The van der Waals surface area contributed by atoms with Crippen LogP contribution in [0.2, 0.25) is 0 Å². The zero-order valence-corrected chi connectivity index (χ0v) is 14.9. The molecular formula is C19H18FN3O4. The predicted octanol–water partition coefficient (Wildman–Crippen LogP) is 3.34. The summed E-state index contributed by atoms with van der Waals surface area (Å²) < 4.78 is 13.4. The van der Waals surface area contributed by atoms with Crippen molar-refractivity contribution in [1.82, 2.24) is 0 Å². The van der Waals surface area contributed by atoms with Gasteiger partial charge in [-0.1, -0.05) is 17.7 Å². The van der Waals surface area contributed by atoms with Crippen molar-refractivity contribution in [1.29, 1.82) is 0 Å². The molecule has 27 heavy (non-hydrogen) atoms. The van der Waals surface area contributed by atoms with E-state index in [0.29, 0.717) is 0 Å². The van der Waals surface area contributed by atoms with E-state index < -0.39 is 28.3 Å². The summed E-state index contributed by atoms with van der Waals surface area (Å²) in [5, 5.41) is 13.3. The van der Waals surface area contributed by atoms with E-state index in [9.17, 15) is 24.1 Å². The zero-order chi connectivity index (χ0) is 19.7. The Bertz CT molecular complexity index is 945. The summed E-state index contributed by atoms with van der Waals surface area (Å²) in [6.45, 7) is 4.08. The van der Waals surface area contributed by atoms with Crippen molar-refractivity contribution in [3.05, 3.63) is 63.5 Å². The lowest BCUT2D eigenvalue weighted by atomic mass is 10.1. The predicted molar refractivity (Wildman–Crippen MR) is 98.1 cm³/mol. The van der Waals surface area contributed by atoms with Crippen molar-refractivity contribution >= 4 is 28.9 Å². The molecular weight excluding hydrogens is 353 g/mol. The molecule has 0 spiro atoms. The number of anilines is 2. The smallest absolute Gasteiger partial charge is 0.306 e. The Morgan fingerprint density at radius 3 is 2.67 bits per heavy atom. The maximum Gasteiger partial charge on any atom is 0.306 e. The van der Waals surface area contributed by atoms with Crippen LogP contribution in [-0.4, -0.2) is 23.3 Å². The van der Waals surface area contributed by atoms with Gasteiger partial charge >= 0.3 is 5.69 Å². The van der Waals surface area contributed by atoms with E-state index in [0.717, 1.165) is 28.9 Å². The standard InChI is InChI=1S/C19H18FN3O4/c1-11-3-6-16(12(2)7-11)22-10-13(8-18(22)24)19(25)21-14-4-5-15(20)17(9-14)23(26)27/h3-7,9,13H,8,10H2,1-2H3,(H,21,25). The van der Waals surface area contributed by atoms with Crippen LogP contribution in [0.5, 0.6) is 0 Å². The van der Waals surface area contributed by atoms with Gasteiger partial charge in [-0.05, 0) is 37.6 Å². The molecule has 0 aromatic heterocycles. The van der Waals surface area contributed by atoms with Gasteiger partial charge in [0, 0.05) is 30.4 Å². The van der Waals surface area contributed by atoms with Crippen LogP contribution in [0, 0.1) is 35.7 Å². The van der Waals surface area contributed by atoms with E-state index in [1.807, 2.05) is 32.0 Å². The van der Waals surface area contributed by atoms with E-state index in [2.05, 4.69) is 5.32 Å². The van der Waals surface area contributed by atoms with Gasteiger partial charge < -0.3 is 10.2 Å². The number of benzene rings is 2. The number of nitro benzene ring substituents is 1. The molecule has 3 rings (SSSR count). The highest BCUT2D eigenvalue weighted by atomic mass is 19.1. The van der Waals surface area contributed by atoms with Gasteiger partial charge in [0.25, 0.3) is 0 Å². The first-order valence-electron chi connectivity index (χ1n) is 8.38. The first-order chi connectivity index (χ1) is 12.8. The van der Waals surface area contributed by atoms with E-state index in [1.54, 1.807) is 4.90 Å². The average Bonchev–Trinajstić information content (AvgIpc) is 2.98. The summed E-state index contributed by atoms with van der Waals surface area (Å²) in [5.74, 6) is -2.17. The molecule has 1 heterocycles. The van der Waals surface area contributed by atoms with Crippen molar-refractivity contribution in [2.24, 2.45) is 5.92 Å². The minimum Gasteiger partial charge on any atom is -0.326 e. The fourth-order valence-corrected chi connectivity index (χ4v) is 3.20. The Morgan fingerprint density at radius 2 is 2.00 bits per heavy atom. The lowest BCUT2D eigenvalue weighted by Crippen LogP contribution is -2.28. The topological polar surface area (TPSA) is 92.6 Å². The monoisotopic (exact) mass is 371 g/mol. The number of nitrogens with zero attached hydrogens (tertiary/aromatic N) is 2. The highest BCUT2D eigenvalue weighted by Gasteiger charge is 2.35. The number of hydrogen-bond acceptors (Lipinski definition) is 4. The van der Waals surface area contributed by atoms with Crippen molar-refractivity contribution in [2.45, 2.75) is 20.3 Å². The number of hydrogen-bond donors (Lipinski definition) is 1. The van der Waals surface area contributed by atoms with Gasteiger partial charge in [-0.25, -0.2) is 0 Å². The van der Waals surface area contributed by atoms with Crippen molar-refractivity contribution < 1.29 is 18.9 Å². The number of carbonyl (C=O) groups is 2. The van der Waals surface area contributed by atoms with E-state index in [-0.39, 0.29) is 24.6 Å². The van der Waals surface area contributed by atoms with Gasteiger partial charge in [-0.15, -0.1) is 0 Å². The maximum atomic E-state index is 13.4. The van der Waals surface area contributed by atoms with Crippen molar-refractivity contribution in [3.63, 3.8) is 0 Å². The third-order valence-corrected chi connectivity index (χ3v) is 4.55. The molecule has 1 aliphatic rings. The van der Waals surface area contributed by atoms with Crippen LogP contribution in [0.15, 0.2) is 36.4 Å². The highest BCUT2D eigenvalue weighted by molar-refractivity contribution is 6.03. The number of aryl methyl sites for hydroxylation is 2. The van der Waals surface area contributed by atoms with Crippen LogP contribution < -0.4 is 10.2 Å². The van der Waals surface area contributed by atoms with Crippen molar-refractivity contribution in [3.8, 4) is 0 Å². The largest absolute Gasteiger partial charge is 0.326 e. The summed E-state index contributed by atoms with van der Waals surface area (Å²) in [5.41, 5.74) is 2.18. The molecule has 8 heteroatoms. The molecule has 1 saturated heterocycles. The Balaban J connectivity index is 1.74. The summed E-state index contributed by atoms with van der Waals surface area (Å²) in [6.07, 6.45) is 0.0441.